The van der Waals surface area contributed by atoms with Gasteiger partial charge in [0.15, 0.2) is 17.2 Å². The van der Waals surface area contributed by atoms with Gasteiger partial charge in [-0.05, 0) is 82.4 Å². The minimum atomic E-state index is -1.86. The van der Waals surface area contributed by atoms with Crippen LogP contribution in [0, 0.1) is 11.8 Å². The number of unbranched alkanes of at least 4 members (excludes halogenated alkanes) is 10. The van der Waals surface area contributed by atoms with E-state index in [2.05, 4.69) is 13.8 Å². The normalized spacial score (nSPS) is 28.9. The number of aliphatic hydroxyl groups is 2. The highest BCUT2D eigenvalue weighted by atomic mass is 16.6. The lowest BCUT2D eigenvalue weighted by Crippen LogP contribution is -2.58. The van der Waals surface area contributed by atoms with Gasteiger partial charge in [-0.15, -0.1) is 0 Å². The maximum absolute atomic E-state index is 13.9. The van der Waals surface area contributed by atoms with Crippen LogP contribution in [0.25, 0.3) is 0 Å². The van der Waals surface area contributed by atoms with Crippen LogP contribution in [0.3, 0.4) is 0 Å². The molecule has 244 valence electrons. The van der Waals surface area contributed by atoms with E-state index in [-0.39, 0.29) is 18.4 Å². The second-order valence-electron chi connectivity index (χ2n) is 13.6. The second kappa shape index (κ2) is 14.2. The third kappa shape index (κ3) is 7.12. The molecule has 2 N–H and O–H groups in total. The topological polar surface area (TPSA) is 127 Å². The molecule has 8 heteroatoms. The van der Waals surface area contributed by atoms with Crippen molar-refractivity contribution in [2.24, 2.45) is 11.8 Å². The summed E-state index contributed by atoms with van der Waals surface area (Å²) >= 11 is 0. The molecule has 2 aliphatic heterocycles. The number of allylic oxidation sites excluding steroid dienone is 4. The van der Waals surface area contributed by atoms with E-state index in [0.29, 0.717) is 36.8 Å². The first-order valence-corrected chi connectivity index (χ1v) is 17.0. The molecule has 2 saturated carbocycles. The Bertz CT molecular complexity index is 1200. The van der Waals surface area contributed by atoms with E-state index in [1.165, 1.54) is 12.5 Å². The van der Waals surface area contributed by atoms with Crippen LogP contribution >= 0.6 is 0 Å². The lowest BCUT2D eigenvalue weighted by atomic mass is 9.68. The van der Waals surface area contributed by atoms with Crippen LogP contribution in [0.15, 0.2) is 34.9 Å². The fraction of sp³-hybridized carbons (Fsp3) is 0.722. The fourth-order valence-electron chi connectivity index (χ4n) is 6.86. The van der Waals surface area contributed by atoms with Crippen LogP contribution in [0.1, 0.15) is 130 Å². The molecule has 3 fully saturated rings. The number of hydrogen-bond acceptors (Lipinski definition) is 8. The summed E-state index contributed by atoms with van der Waals surface area (Å²) in [4.78, 5) is 54.3. The Morgan fingerprint density at radius 3 is 1.91 bits per heavy atom. The predicted octanol–water partition coefficient (Wildman–Crippen LogP) is 6.17. The minimum absolute atomic E-state index is 0.212. The molecule has 0 aromatic carbocycles. The molecule has 0 aromatic heterocycles. The van der Waals surface area contributed by atoms with Crippen molar-refractivity contribution in [3.63, 3.8) is 0 Å². The third-order valence-electron chi connectivity index (χ3n) is 10.1. The van der Waals surface area contributed by atoms with Gasteiger partial charge in [0.25, 0.3) is 0 Å². The van der Waals surface area contributed by atoms with E-state index in [1.807, 2.05) is 12.2 Å². The van der Waals surface area contributed by atoms with Crippen LogP contribution in [-0.4, -0.2) is 56.6 Å². The number of cyclic esters (lactones) is 2. The highest BCUT2D eigenvalue weighted by molar-refractivity contribution is 6.25. The zero-order valence-electron chi connectivity index (χ0n) is 27.1. The Hall–Kier alpha value is -2.58. The van der Waals surface area contributed by atoms with Crippen molar-refractivity contribution in [2.75, 3.05) is 0 Å². The summed E-state index contributed by atoms with van der Waals surface area (Å²) in [5.74, 6) is -5.21. The molecule has 44 heavy (non-hydrogen) atoms. The van der Waals surface area contributed by atoms with E-state index < -0.39 is 58.2 Å². The standard InChI is InChI=1S/C36H52O8/c1-5-7-9-11-13-15-17-24(3)29(37)26-23-36(44-32(26)39,35(42)21-22-35)28-27(33(40)43-31(28)34(41)19-20-34)30(38)25(4)18-16-14-12-10-8-6-2/h17-18,23,27-28,31,41-42H,5-16,19-22H2,1-4H3/b24-17+,25-18+. The van der Waals surface area contributed by atoms with Gasteiger partial charge < -0.3 is 19.7 Å². The molecule has 8 nitrogen and oxygen atoms in total. The number of ketones is 2. The number of carbonyl (C=O) groups excluding carboxylic acids is 4. The van der Waals surface area contributed by atoms with Crippen LogP contribution in [0.5, 0.6) is 0 Å². The number of ether oxygens (including phenoxy) is 2. The van der Waals surface area contributed by atoms with Gasteiger partial charge >= 0.3 is 11.9 Å². The lowest BCUT2D eigenvalue weighted by molar-refractivity contribution is -0.180. The number of carbonyl (C=O) groups is 4. The number of Topliss-reactive ketones (excluding diaryl/α,β-unsaturated/α-hetero) is 2. The third-order valence-corrected chi connectivity index (χ3v) is 10.1. The van der Waals surface area contributed by atoms with Crippen molar-refractivity contribution < 1.29 is 38.9 Å². The van der Waals surface area contributed by atoms with E-state index in [1.54, 1.807) is 13.8 Å². The van der Waals surface area contributed by atoms with Gasteiger partial charge in [-0.1, -0.05) is 77.4 Å². The molecule has 0 amide bonds. The molecule has 4 unspecified atom stereocenters. The smallest absolute Gasteiger partial charge is 0.342 e. The molecule has 2 aliphatic carbocycles. The average molecular weight is 613 g/mol. The molecule has 4 rings (SSSR count). The summed E-state index contributed by atoms with van der Waals surface area (Å²) in [6.45, 7) is 7.63. The average Bonchev–Trinajstić information content (AvgIpc) is 3.87. The van der Waals surface area contributed by atoms with Gasteiger partial charge in [-0.3, -0.25) is 14.4 Å². The highest BCUT2D eigenvalue weighted by Crippen LogP contribution is 2.61. The van der Waals surface area contributed by atoms with Gasteiger partial charge in [0.1, 0.15) is 28.8 Å². The highest BCUT2D eigenvalue weighted by Gasteiger charge is 2.75. The first kappa shape index (κ1) is 34.3. The van der Waals surface area contributed by atoms with Crippen molar-refractivity contribution in [1.29, 1.82) is 0 Å². The Morgan fingerprint density at radius 2 is 1.39 bits per heavy atom. The Morgan fingerprint density at radius 1 is 0.841 bits per heavy atom. The van der Waals surface area contributed by atoms with Gasteiger partial charge in [-0.25, -0.2) is 4.79 Å². The molecule has 2 heterocycles. The molecule has 0 spiro atoms. The molecular weight excluding hydrogens is 560 g/mol. The van der Waals surface area contributed by atoms with Crippen LogP contribution in [-0.2, 0) is 28.7 Å². The maximum atomic E-state index is 13.9. The van der Waals surface area contributed by atoms with E-state index >= 15 is 0 Å². The monoisotopic (exact) mass is 612 g/mol. The Kier molecular flexibility index (Phi) is 11.1. The summed E-state index contributed by atoms with van der Waals surface area (Å²) in [7, 11) is 0. The summed E-state index contributed by atoms with van der Waals surface area (Å²) in [6.07, 6.45) is 17.3. The summed E-state index contributed by atoms with van der Waals surface area (Å²) in [5, 5.41) is 22.9. The number of esters is 2. The van der Waals surface area contributed by atoms with Gasteiger partial charge in [0.2, 0.25) is 0 Å². The maximum Gasteiger partial charge on any atom is 0.342 e. The van der Waals surface area contributed by atoms with Gasteiger partial charge in [0.05, 0.1) is 5.92 Å². The number of hydrogen-bond donors (Lipinski definition) is 2. The van der Waals surface area contributed by atoms with Crippen molar-refractivity contribution >= 4 is 23.5 Å². The first-order valence-electron chi connectivity index (χ1n) is 17.0. The van der Waals surface area contributed by atoms with Gasteiger partial charge in [-0.2, -0.15) is 0 Å². The van der Waals surface area contributed by atoms with Gasteiger partial charge in [0, 0.05) is 0 Å². The SMILES string of the molecule is CCCCCCC/C=C(\C)C(=O)C1=CC(C2C(C(=O)/C(C)=C/CCCCCCC)C(=O)OC2C2(O)CC2)(C2(O)CC2)OC1=O. The van der Waals surface area contributed by atoms with Crippen LogP contribution in [0.4, 0.5) is 0 Å². The molecule has 0 bridgehead atoms. The predicted molar refractivity (Wildman–Crippen MR) is 166 cm³/mol. The van der Waals surface area contributed by atoms with E-state index in [0.717, 1.165) is 57.8 Å². The largest absolute Gasteiger partial charge is 0.458 e. The van der Waals surface area contributed by atoms with Crippen LogP contribution in [0.2, 0.25) is 0 Å². The van der Waals surface area contributed by atoms with E-state index in [9.17, 15) is 29.4 Å². The lowest BCUT2D eigenvalue weighted by Gasteiger charge is -2.41. The second-order valence-corrected chi connectivity index (χ2v) is 13.6. The first-order chi connectivity index (χ1) is 20.9. The molecular formula is C36H52O8. The molecule has 1 saturated heterocycles. The molecule has 4 atom stereocenters. The van der Waals surface area contributed by atoms with Crippen molar-refractivity contribution in [3.05, 3.63) is 34.9 Å². The van der Waals surface area contributed by atoms with E-state index in [4.69, 9.17) is 9.47 Å². The number of rotatable bonds is 19. The minimum Gasteiger partial charge on any atom is -0.458 e. The summed E-state index contributed by atoms with van der Waals surface area (Å²) < 4.78 is 11.7. The Labute approximate surface area is 262 Å². The summed E-state index contributed by atoms with van der Waals surface area (Å²) in [5.41, 5.74) is -4.23. The van der Waals surface area contributed by atoms with Crippen LogP contribution < -0.4 is 0 Å². The molecule has 0 radical (unpaired) electrons. The van der Waals surface area contributed by atoms with Crippen molar-refractivity contribution in [2.45, 2.75) is 153 Å². The fourth-order valence-corrected chi connectivity index (χ4v) is 6.86. The summed E-state index contributed by atoms with van der Waals surface area (Å²) in [6, 6.07) is 0. The van der Waals surface area contributed by atoms with Crippen molar-refractivity contribution in [1.82, 2.24) is 0 Å². The molecule has 0 aromatic rings. The zero-order chi connectivity index (χ0) is 32.1. The zero-order valence-corrected chi connectivity index (χ0v) is 27.1. The Balaban J connectivity index is 1.63. The van der Waals surface area contributed by atoms with Crippen molar-refractivity contribution in [3.8, 4) is 0 Å². The quantitative estimate of drug-likeness (QED) is 0.0583. The molecule has 4 aliphatic rings.